The molecule has 1 saturated carbocycles. The van der Waals surface area contributed by atoms with Gasteiger partial charge in [-0.3, -0.25) is 4.79 Å². The molecule has 1 aliphatic carbocycles. The Morgan fingerprint density at radius 1 is 1.67 bits per heavy atom. The van der Waals surface area contributed by atoms with Crippen molar-refractivity contribution in [2.24, 2.45) is 5.92 Å². The summed E-state index contributed by atoms with van der Waals surface area (Å²) in [5, 5.41) is 8.73. The van der Waals surface area contributed by atoms with E-state index in [1.165, 1.54) is 0 Å². The molecule has 4 heteroatoms. The van der Waals surface area contributed by atoms with Crippen LogP contribution < -0.4 is 0 Å². The Labute approximate surface area is 88.9 Å². The lowest BCUT2D eigenvalue weighted by atomic mass is 10.0. The van der Waals surface area contributed by atoms with Gasteiger partial charge in [-0.2, -0.15) is 0 Å². The molecule has 0 spiro atoms. The van der Waals surface area contributed by atoms with Crippen LogP contribution in [-0.2, 0) is 4.79 Å². The Kier molecular flexibility index (Phi) is 2.75. The zero-order valence-electron chi connectivity index (χ0n) is 8.89. The van der Waals surface area contributed by atoms with Gasteiger partial charge in [0.05, 0.1) is 0 Å². The molecule has 1 aromatic heterocycles. The summed E-state index contributed by atoms with van der Waals surface area (Å²) in [7, 11) is 0. The molecule has 0 aliphatic heterocycles. The van der Waals surface area contributed by atoms with E-state index in [-0.39, 0.29) is 0 Å². The molecule has 1 fully saturated rings. The Balaban J connectivity index is 1.98. The highest BCUT2D eigenvalue weighted by molar-refractivity contribution is 5.67. The van der Waals surface area contributed by atoms with Crippen LogP contribution in [0.15, 0.2) is 12.4 Å². The third kappa shape index (κ3) is 2.19. The summed E-state index contributed by atoms with van der Waals surface area (Å²) < 4.78 is 2.17. The van der Waals surface area contributed by atoms with Crippen molar-refractivity contribution in [3.63, 3.8) is 0 Å². The van der Waals surface area contributed by atoms with Crippen LogP contribution in [0, 0.1) is 12.8 Å². The second-order valence-corrected chi connectivity index (χ2v) is 4.31. The van der Waals surface area contributed by atoms with E-state index in [0.717, 1.165) is 25.1 Å². The average molecular weight is 208 g/mol. The van der Waals surface area contributed by atoms with Gasteiger partial charge in [-0.25, -0.2) is 4.98 Å². The number of nitrogens with zero attached hydrogens (tertiary/aromatic N) is 2. The number of imidazole rings is 1. The molecule has 2 rings (SSSR count). The number of rotatable bonds is 3. The third-order valence-electron chi connectivity index (χ3n) is 3.23. The topological polar surface area (TPSA) is 55.1 Å². The van der Waals surface area contributed by atoms with Crippen molar-refractivity contribution in [1.82, 2.24) is 9.55 Å². The first-order valence-electron chi connectivity index (χ1n) is 5.38. The van der Waals surface area contributed by atoms with Crippen molar-refractivity contribution in [3.8, 4) is 0 Å². The Hall–Kier alpha value is -1.32. The fourth-order valence-electron chi connectivity index (χ4n) is 2.51. The minimum absolute atomic E-state index is 0.310. The number of hydrogen-bond donors (Lipinski definition) is 1. The molecule has 0 aromatic carbocycles. The molecular weight excluding hydrogens is 192 g/mol. The first kappa shape index (κ1) is 10.2. The van der Waals surface area contributed by atoms with Gasteiger partial charge in [0, 0.05) is 24.9 Å². The second kappa shape index (κ2) is 4.04. The summed E-state index contributed by atoms with van der Waals surface area (Å²) in [6.07, 6.45) is 7.18. The normalized spacial score (nSPS) is 25.7. The summed E-state index contributed by atoms with van der Waals surface area (Å²) in [6.45, 7) is 1.99. The Morgan fingerprint density at radius 2 is 2.47 bits per heavy atom. The van der Waals surface area contributed by atoms with Crippen LogP contribution in [0.25, 0.3) is 0 Å². The molecule has 1 heterocycles. The van der Waals surface area contributed by atoms with E-state index < -0.39 is 5.97 Å². The molecule has 4 nitrogen and oxygen atoms in total. The Morgan fingerprint density at radius 3 is 3.07 bits per heavy atom. The highest BCUT2D eigenvalue weighted by Gasteiger charge is 2.27. The van der Waals surface area contributed by atoms with Gasteiger partial charge >= 0.3 is 5.97 Å². The van der Waals surface area contributed by atoms with Gasteiger partial charge in [0.1, 0.15) is 5.82 Å². The molecule has 1 aliphatic rings. The minimum atomic E-state index is -0.678. The predicted octanol–water partition coefficient (Wildman–Crippen LogP) is 2.01. The fourth-order valence-corrected chi connectivity index (χ4v) is 2.51. The largest absolute Gasteiger partial charge is 0.481 e. The number of aromatic nitrogens is 2. The van der Waals surface area contributed by atoms with Crippen LogP contribution in [0.5, 0.6) is 0 Å². The maximum atomic E-state index is 10.6. The fraction of sp³-hybridized carbons (Fsp3) is 0.636. The molecular formula is C11H16N2O2. The molecule has 82 valence electrons. The average Bonchev–Trinajstić information content (AvgIpc) is 2.72. The van der Waals surface area contributed by atoms with Crippen molar-refractivity contribution < 1.29 is 9.90 Å². The summed E-state index contributed by atoms with van der Waals surface area (Å²) in [5.41, 5.74) is 0. The van der Waals surface area contributed by atoms with Gasteiger partial charge in [-0.1, -0.05) is 0 Å². The van der Waals surface area contributed by atoms with Crippen LogP contribution in [0.3, 0.4) is 0 Å². The van der Waals surface area contributed by atoms with Gasteiger partial charge < -0.3 is 9.67 Å². The summed E-state index contributed by atoms with van der Waals surface area (Å²) in [5.74, 6) is 0.688. The molecule has 0 saturated heterocycles. The SMILES string of the molecule is Cc1nccn1C1CCC(CC(=O)O)C1. The van der Waals surface area contributed by atoms with Crippen LogP contribution in [0.2, 0.25) is 0 Å². The summed E-state index contributed by atoms with van der Waals surface area (Å²) >= 11 is 0. The van der Waals surface area contributed by atoms with E-state index in [0.29, 0.717) is 18.4 Å². The maximum absolute atomic E-state index is 10.6. The van der Waals surface area contributed by atoms with Gasteiger partial charge in [0.2, 0.25) is 0 Å². The van der Waals surface area contributed by atoms with Gasteiger partial charge in [-0.05, 0) is 32.1 Å². The van der Waals surface area contributed by atoms with E-state index in [4.69, 9.17) is 5.11 Å². The quantitative estimate of drug-likeness (QED) is 0.826. The Bertz CT molecular complexity index is 359. The van der Waals surface area contributed by atoms with Gasteiger partial charge in [0.15, 0.2) is 0 Å². The lowest BCUT2D eigenvalue weighted by Crippen LogP contribution is -2.08. The molecule has 0 bridgehead atoms. The molecule has 0 radical (unpaired) electrons. The number of aryl methyl sites for hydroxylation is 1. The van der Waals surface area contributed by atoms with Crippen LogP contribution in [-0.4, -0.2) is 20.6 Å². The van der Waals surface area contributed by atoms with Crippen LogP contribution in [0.1, 0.15) is 37.5 Å². The summed E-state index contributed by atoms with van der Waals surface area (Å²) in [4.78, 5) is 14.8. The zero-order valence-corrected chi connectivity index (χ0v) is 8.89. The van der Waals surface area contributed by atoms with Gasteiger partial charge in [-0.15, -0.1) is 0 Å². The molecule has 15 heavy (non-hydrogen) atoms. The number of carboxylic acids is 1. The predicted molar refractivity (Wildman–Crippen MR) is 55.6 cm³/mol. The van der Waals surface area contributed by atoms with E-state index in [2.05, 4.69) is 9.55 Å². The van der Waals surface area contributed by atoms with Gasteiger partial charge in [0.25, 0.3) is 0 Å². The lowest BCUT2D eigenvalue weighted by molar-refractivity contribution is -0.138. The van der Waals surface area contributed by atoms with E-state index in [9.17, 15) is 4.79 Å². The molecule has 0 amide bonds. The number of aliphatic carboxylic acids is 1. The lowest BCUT2D eigenvalue weighted by Gasteiger charge is -2.13. The van der Waals surface area contributed by atoms with Crippen LogP contribution >= 0.6 is 0 Å². The molecule has 1 aromatic rings. The standard InChI is InChI=1S/C11H16N2O2/c1-8-12-4-5-13(8)10-3-2-9(6-10)7-11(14)15/h4-5,9-10H,2-3,6-7H2,1H3,(H,14,15). The third-order valence-corrected chi connectivity index (χ3v) is 3.23. The van der Waals surface area contributed by atoms with Crippen molar-refractivity contribution >= 4 is 5.97 Å². The number of carbonyl (C=O) groups is 1. The van der Waals surface area contributed by atoms with E-state index in [1.807, 2.05) is 13.1 Å². The van der Waals surface area contributed by atoms with E-state index in [1.54, 1.807) is 6.20 Å². The summed E-state index contributed by atoms with van der Waals surface area (Å²) in [6, 6.07) is 0.455. The van der Waals surface area contributed by atoms with Crippen molar-refractivity contribution in [1.29, 1.82) is 0 Å². The highest BCUT2D eigenvalue weighted by Crippen LogP contribution is 2.36. The molecule has 1 N–H and O–H groups in total. The van der Waals surface area contributed by atoms with Crippen molar-refractivity contribution in [2.45, 2.75) is 38.6 Å². The van der Waals surface area contributed by atoms with E-state index >= 15 is 0 Å². The first-order chi connectivity index (χ1) is 7.16. The van der Waals surface area contributed by atoms with Crippen molar-refractivity contribution in [2.75, 3.05) is 0 Å². The maximum Gasteiger partial charge on any atom is 0.303 e. The monoisotopic (exact) mass is 208 g/mol. The van der Waals surface area contributed by atoms with Crippen LogP contribution in [0.4, 0.5) is 0 Å². The second-order valence-electron chi connectivity index (χ2n) is 4.31. The smallest absolute Gasteiger partial charge is 0.303 e. The number of hydrogen-bond acceptors (Lipinski definition) is 2. The zero-order chi connectivity index (χ0) is 10.8. The molecule has 2 atom stereocenters. The number of carboxylic acid groups (broad SMARTS) is 1. The highest BCUT2D eigenvalue weighted by atomic mass is 16.4. The van der Waals surface area contributed by atoms with Crippen molar-refractivity contribution in [3.05, 3.63) is 18.2 Å². The minimum Gasteiger partial charge on any atom is -0.481 e. The first-order valence-corrected chi connectivity index (χ1v) is 5.38. The molecule has 2 unspecified atom stereocenters.